The molecule has 13 N–H and O–H groups in total. The topological polar surface area (TPSA) is 341 Å². The van der Waals surface area contributed by atoms with Gasteiger partial charge in [-0.3, -0.25) is 14.6 Å². The molecule has 478 valence electrons. The Bertz CT molecular complexity index is 2070. The maximum atomic E-state index is 13.7. The van der Waals surface area contributed by atoms with E-state index in [2.05, 4.69) is 22.5 Å². The van der Waals surface area contributed by atoms with E-state index in [-0.39, 0.29) is 75.7 Å². The van der Waals surface area contributed by atoms with Gasteiger partial charge in [-0.05, 0) is 95.0 Å². The molecule has 2 bridgehead atoms. The van der Waals surface area contributed by atoms with E-state index in [9.17, 15) is 65.4 Å². The number of aliphatic hydroxyl groups is 10. The average Bonchev–Trinajstić information content (AvgIpc) is 3.42. The number of nitrogens with two attached hydrogens (primary N) is 1. The van der Waals surface area contributed by atoms with Crippen molar-refractivity contribution in [1.29, 1.82) is 0 Å². The highest BCUT2D eigenvalue weighted by Crippen LogP contribution is 2.36. The quantitative estimate of drug-likeness (QED) is 0.0159. The third kappa shape index (κ3) is 28.8. The number of guanidine groups is 1. The number of esters is 3. The fraction of sp³-hybridized carbons (Fsp3) is 0.778. The first-order chi connectivity index (χ1) is 39.1. The number of ether oxygens (including phenoxy) is 4. The first-order valence-corrected chi connectivity index (χ1v) is 30.5. The second kappa shape index (κ2) is 39.6. The summed E-state index contributed by atoms with van der Waals surface area (Å²) in [6.45, 7) is 17.2. The molecule has 83 heavy (non-hydrogen) atoms. The summed E-state index contributed by atoms with van der Waals surface area (Å²) in [5, 5.41) is 115. The highest BCUT2D eigenvalue weighted by Gasteiger charge is 2.50. The lowest BCUT2D eigenvalue weighted by atomic mass is 9.84. The molecule has 1 saturated heterocycles. The minimum atomic E-state index is -2.51. The van der Waals surface area contributed by atoms with Crippen LogP contribution in [0.5, 0.6) is 0 Å². The molecule has 0 aromatic heterocycles. The van der Waals surface area contributed by atoms with E-state index in [1.54, 1.807) is 72.0 Å². The molecule has 0 aromatic carbocycles. The first kappa shape index (κ1) is 75.0. The summed E-state index contributed by atoms with van der Waals surface area (Å²) in [4.78, 5) is 43.7. The molecule has 19 atom stereocenters. The number of allylic oxidation sites excluding steroid dienone is 6. The molecule has 0 saturated carbocycles. The van der Waals surface area contributed by atoms with Gasteiger partial charge in [-0.2, -0.15) is 0 Å². The Balaban J connectivity index is 2.47. The maximum absolute atomic E-state index is 13.7. The molecule has 0 aliphatic carbocycles. The molecular weight excluding hydrogens is 1070 g/mol. The van der Waals surface area contributed by atoms with Crippen molar-refractivity contribution in [1.82, 2.24) is 5.32 Å². The number of aliphatic hydroxyl groups excluding tert-OH is 9. The smallest absolute Gasteiger partial charge is 0.334 e. The van der Waals surface area contributed by atoms with Gasteiger partial charge in [0.1, 0.15) is 24.7 Å². The third-order valence-corrected chi connectivity index (χ3v) is 16.5. The number of carbonyl (C=O) groups is 3. The molecule has 0 spiro atoms. The molecule has 0 aromatic rings. The molecule has 2 rings (SSSR count). The number of aliphatic imine (C=N–C) groups is 1. The summed E-state index contributed by atoms with van der Waals surface area (Å²) in [5.74, 6) is -6.42. The number of cyclic esters (lactones) is 1. The normalized spacial score (nSPS) is 36.1. The summed E-state index contributed by atoms with van der Waals surface area (Å²) in [6.07, 6.45) is 4.29. The summed E-state index contributed by atoms with van der Waals surface area (Å²) >= 11 is 0. The lowest BCUT2D eigenvalue weighted by Gasteiger charge is -2.45. The molecule has 0 unspecified atom stereocenters. The molecule has 2 aliphatic rings. The second-order valence-corrected chi connectivity index (χ2v) is 23.9. The maximum Gasteiger partial charge on any atom is 0.334 e. The number of rotatable bonds is 17. The Labute approximate surface area is 495 Å². The standard InChI is InChI=1S/C63H109N3O17/c1-11-21-46(12-2)38-80-57(75)36-58(76)81-49-31-47(67)30-48(68)32-52(70)39(3)23-19-25-43(7)59(42(6)22-17-15-13-14-16-18-29-66-62(64)65-10)82-61(78)44(8)26-20-24-40(4)53(71)35-54(72)45(9)51(69)28-27-41(5)56(74)37-63(79)60(77)55(73)34-50(33-49)83-63/h13-14,19-20,23-26,40-43,45-56,59-60,67-74,77,79H,11-12,15-18,21-22,27-38H2,1-10H3,(H3,64,65,66)/b14-13+,24-20-,25-19-,39-23-,44-26-/t40-,41+,42+,43+,45+,46-,47-,48+,49-,50+,51+,52-,53+,54+,55-,56-,59+,60-,63+/m0/s1. The van der Waals surface area contributed by atoms with Gasteiger partial charge in [0.25, 0.3) is 0 Å². The highest BCUT2D eigenvalue weighted by molar-refractivity contribution is 5.91. The Kier molecular flexibility index (Phi) is 35.8. The largest absolute Gasteiger partial charge is 0.465 e. The predicted molar refractivity (Wildman–Crippen MR) is 319 cm³/mol. The third-order valence-electron chi connectivity index (χ3n) is 16.5. The summed E-state index contributed by atoms with van der Waals surface area (Å²) in [5.41, 5.74) is 6.53. The molecule has 2 aliphatic heterocycles. The zero-order chi connectivity index (χ0) is 62.4. The molecule has 1 fully saturated rings. The van der Waals surface area contributed by atoms with Crippen LogP contribution < -0.4 is 11.1 Å². The van der Waals surface area contributed by atoms with E-state index in [0.717, 1.165) is 51.4 Å². The van der Waals surface area contributed by atoms with Gasteiger partial charge in [-0.1, -0.05) is 110 Å². The fourth-order valence-corrected chi connectivity index (χ4v) is 10.5. The Hall–Kier alpha value is -4.06. The number of nitrogens with zero attached hydrogens (tertiary/aromatic N) is 1. The number of hydrogen-bond donors (Lipinski definition) is 12. The first-order valence-electron chi connectivity index (χ1n) is 30.5. The SMILES string of the molecule is CCC[C@H](CC)COC(=O)CC(=O)O[C@H]1C[C@@H](O)C[C@@H](O)C[C@H](O)/C(C)=C\C=C/[C@@H](C)[C@@H]([C@H](C)CCC/C=C/CCCNC(N)=NC)OC(=O)/C(C)=C\C=C/[C@H](C)[C@H](O)C[C@@H](O)[C@H](C)[C@H](O)CC[C@@H](C)[C@@H](O)C[C@@]2(O)O[C@H](C1)C[C@H](O)[C@@H]2O. The Morgan fingerprint density at radius 2 is 1.45 bits per heavy atom. The van der Waals surface area contributed by atoms with Gasteiger partial charge in [-0.25, -0.2) is 4.79 Å². The number of hydrogen-bond acceptors (Lipinski definition) is 18. The van der Waals surface area contributed by atoms with Crippen molar-refractivity contribution < 1.29 is 84.4 Å². The van der Waals surface area contributed by atoms with Crippen LogP contribution in [0.4, 0.5) is 0 Å². The summed E-state index contributed by atoms with van der Waals surface area (Å²) in [6, 6.07) is 0. The van der Waals surface area contributed by atoms with Gasteiger partial charge in [0.05, 0.1) is 61.5 Å². The van der Waals surface area contributed by atoms with Crippen LogP contribution in [0, 0.1) is 35.5 Å². The predicted octanol–water partition coefficient (Wildman–Crippen LogP) is 5.66. The number of carbonyl (C=O) groups excluding carboxylic acids is 3. The van der Waals surface area contributed by atoms with Crippen molar-refractivity contribution in [3.8, 4) is 0 Å². The molecule has 20 nitrogen and oxygen atoms in total. The molecule has 0 radical (unpaired) electrons. The van der Waals surface area contributed by atoms with Crippen molar-refractivity contribution in [3.05, 3.63) is 59.8 Å². The average molecular weight is 1180 g/mol. The molecule has 20 heteroatoms. The number of fused-ring (bicyclic) bond motifs is 2. The van der Waals surface area contributed by atoms with Gasteiger partial charge in [0, 0.05) is 75.4 Å². The van der Waals surface area contributed by atoms with Crippen molar-refractivity contribution in [2.75, 3.05) is 20.2 Å². The van der Waals surface area contributed by atoms with Crippen LogP contribution in [-0.4, -0.2) is 174 Å². The molecule has 0 amide bonds. The van der Waals surface area contributed by atoms with Crippen LogP contribution >= 0.6 is 0 Å². The van der Waals surface area contributed by atoms with Crippen LogP contribution in [0.25, 0.3) is 0 Å². The van der Waals surface area contributed by atoms with Crippen LogP contribution in [0.15, 0.2) is 64.7 Å². The van der Waals surface area contributed by atoms with Crippen LogP contribution in [0.1, 0.15) is 178 Å². The molecular formula is C63H109N3O17. The van der Waals surface area contributed by atoms with Gasteiger partial charge >= 0.3 is 17.9 Å². The summed E-state index contributed by atoms with van der Waals surface area (Å²) < 4.78 is 23.3. The van der Waals surface area contributed by atoms with Crippen LogP contribution in [0.2, 0.25) is 0 Å². The monoisotopic (exact) mass is 1180 g/mol. The van der Waals surface area contributed by atoms with Gasteiger partial charge < -0.3 is 81.1 Å². The lowest BCUT2D eigenvalue weighted by molar-refractivity contribution is -0.333. The van der Waals surface area contributed by atoms with Crippen LogP contribution in [0.3, 0.4) is 0 Å². The van der Waals surface area contributed by atoms with Gasteiger partial charge in [0.2, 0.25) is 0 Å². The lowest BCUT2D eigenvalue weighted by Crippen LogP contribution is -2.60. The minimum Gasteiger partial charge on any atom is -0.465 e. The van der Waals surface area contributed by atoms with Crippen molar-refractivity contribution in [2.45, 2.75) is 257 Å². The zero-order valence-corrected chi connectivity index (χ0v) is 51.5. The highest BCUT2D eigenvalue weighted by atomic mass is 16.7. The fourth-order valence-electron chi connectivity index (χ4n) is 10.5. The van der Waals surface area contributed by atoms with Gasteiger partial charge in [0.15, 0.2) is 11.7 Å². The van der Waals surface area contributed by atoms with E-state index in [4.69, 9.17) is 24.7 Å². The zero-order valence-electron chi connectivity index (χ0n) is 51.5. The van der Waals surface area contributed by atoms with Gasteiger partial charge in [-0.15, -0.1) is 0 Å². The van der Waals surface area contributed by atoms with E-state index in [1.807, 2.05) is 33.8 Å². The van der Waals surface area contributed by atoms with Crippen LogP contribution in [-0.2, 0) is 33.3 Å². The van der Waals surface area contributed by atoms with E-state index in [0.29, 0.717) is 23.7 Å². The number of nitrogens with one attached hydrogen (secondary N) is 1. The van der Waals surface area contributed by atoms with E-state index < -0.39 is 128 Å². The summed E-state index contributed by atoms with van der Waals surface area (Å²) in [7, 11) is 1.63. The van der Waals surface area contributed by atoms with Crippen molar-refractivity contribution >= 4 is 23.9 Å². The van der Waals surface area contributed by atoms with E-state index >= 15 is 0 Å². The van der Waals surface area contributed by atoms with E-state index in [1.165, 1.54) is 0 Å². The number of unbranched alkanes of at least 4 members (excludes halogenated alkanes) is 2. The molecule has 2 heterocycles. The Morgan fingerprint density at radius 3 is 2.11 bits per heavy atom. The second-order valence-electron chi connectivity index (χ2n) is 23.9. The Morgan fingerprint density at radius 1 is 0.795 bits per heavy atom. The van der Waals surface area contributed by atoms with Crippen molar-refractivity contribution in [3.63, 3.8) is 0 Å². The minimum absolute atomic E-state index is 0.0612. The van der Waals surface area contributed by atoms with Crippen molar-refractivity contribution in [2.24, 2.45) is 46.2 Å².